The minimum atomic E-state index is -3.20. The van der Waals surface area contributed by atoms with E-state index in [1.807, 2.05) is 14.1 Å². The predicted octanol–water partition coefficient (Wildman–Crippen LogP) is 4.14. The Morgan fingerprint density at radius 1 is 1.18 bits per heavy atom. The Balaban J connectivity index is 1.43. The van der Waals surface area contributed by atoms with E-state index in [0.29, 0.717) is 29.5 Å². The highest BCUT2D eigenvalue weighted by atomic mass is 35.5. The molecule has 0 aromatic carbocycles. The van der Waals surface area contributed by atoms with Gasteiger partial charge >= 0.3 is 0 Å². The summed E-state index contributed by atoms with van der Waals surface area (Å²) in [7, 11) is 3.99. The van der Waals surface area contributed by atoms with E-state index < -0.39 is 29.3 Å². The van der Waals surface area contributed by atoms with E-state index in [1.165, 1.54) is 12.5 Å². The minimum Gasteiger partial charge on any atom is -0.342 e. The Kier molecular flexibility index (Phi) is 8.47. The first kappa shape index (κ1) is 28.4. The number of aromatic nitrogens is 6. The second kappa shape index (κ2) is 11.6. The number of anilines is 1. The van der Waals surface area contributed by atoms with Gasteiger partial charge in [0.05, 0.1) is 22.6 Å². The van der Waals surface area contributed by atoms with Crippen molar-refractivity contribution in [1.29, 1.82) is 0 Å². The summed E-state index contributed by atoms with van der Waals surface area (Å²) in [6, 6.07) is 0.473. The normalized spacial score (nSPS) is 12.6. The van der Waals surface area contributed by atoms with Crippen molar-refractivity contribution in [2.24, 2.45) is 0 Å². The summed E-state index contributed by atoms with van der Waals surface area (Å²) >= 11 is 6.85. The number of hydrogen-bond acceptors (Lipinski definition) is 9. The molecule has 0 aliphatic heterocycles. The van der Waals surface area contributed by atoms with Gasteiger partial charge in [-0.1, -0.05) is 11.6 Å². The number of nitrogens with one attached hydrogen (secondary N) is 2. The fourth-order valence-corrected chi connectivity index (χ4v) is 4.75. The number of halogens is 3. The van der Waals surface area contributed by atoms with Crippen molar-refractivity contribution in [3.8, 4) is 0 Å². The van der Waals surface area contributed by atoms with Crippen molar-refractivity contribution >= 4 is 51.6 Å². The molecule has 4 rings (SSSR count). The van der Waals surface area contributed by atoms with Crippen LogP contribution in [0.3, 0.4) is 0 Å². The molecule has 0 saturated carbocycles. The third-order valence-electron chi connectivity index (χ3n) is 5.61. The second-order valence-electron chi connectivity index (χ2n) is 9.16. The molecule has 2 amide bonds. The number of nitrogens with zero attached hydrogens (tertiary/aromatic N) is 7. The molecule has 39 heavy (non-hydrogen) atoms. The first-order valence-corrected chi connectivity index (χ1v) is 13.1. The quantitative estimate of drug-likeness (QED) is 0.288. The van der Waals surface area contributed by atoms with Gasteiger partial charge in [-0.2, -0.15) is 5.10 Å². The van der Waals surface area contributed by atoms with Crippen LogP contribution in [0.5, 0.6) is 0 Å². The van der Waals surface area contributed by atoms with Crippen LogP contribution in [-0.2, 0) is 12.5 Å². The van der Waals surface area contributed by atoms with Crippen molar-refractivity contribution in [2.75, 3.05) is 26.0 Å². The van der Waals surface area contributed by atoms with Crippen LogP contribution in [0.2, 0.25) is 5.02 Å². The third-order valence-corrected chi connectivity index (χ3v) is 7.09. The summed E-state index contributed by atoms with van der Waals surface area (Å²) in [5, 5.41) is 10.5. The summed E-state index contributed by atoms with van der Waals surface area (Å²) in [5.41, 5.74) is 0.145. The fourth-order valence-electron chi connectivity index (χ4n) is 3.67. The third kappa shape index (κ3) is 6.88. The Labute approximate surface area is 231 Å². The molecule has 0 aliphatic rings. The highest BCUT2D eigenvalue weighted by Crippen LogP contribution is 2.33. The molecule has 4 aromatic rings. The zero-order valence-electron chi connectivity index (χ0n) is 21.6. The summed E-state index contributed by atoms with van der Waals surface area (Å²) in [5.74, 6) is -4.31. The van der Waals surface area contributed by atoms with Gasteiger partial charge in [0.15, 0.2) is 5.65 Å². The maximum absolute atomic E-state index is 13.8. The van der Waals surface area contributed by atoms with Crippen molar-refractivity contribution in [1.82, 2.24) is 39.9 Å². The summed E-state index contributed by atoms with van der Waals surface area (Å²) in [6.45, 7) is 3.99. The van der Waals surface area contributed by atoms with E-state index in [2.05, 4.69) is 40.6 Å². The molecule has 0 spiro atoms. The number of amides is 2. The van der Waals surface area contributed by atoms with E-state index in [0.717, 1.165) is 36.6 Å². The summed E-state index contributed by atoms with van der Waals surface area (Å²) in [6.07, 6.45) is 6.31. The number of fused-ring (bicyclic) bond motifs is 1. The van der Waals surface area contributed by atoms with Crippen molar-refractivity contribution in [2.45, 2.75) is 38.8 Å². The number of aryl methyl sites for hydroxylation is 1. The number of rotatable bonds is 10. The average molecular weight is 578 g/mol. The first-order valence-electron chi connectivity index (χ1n) is 11.9. The van der Waals surface area contributed by atoms with Gasteiger partial charge in [0.2, 0.25) is 0 Å². The monoisotopic (exact) mass is 577 g/mol. The maximum Gasteiger partial charge on any atom is 0.272 e. The number of carbonyl (C=O) groups excluding carboxylic acids is 2. The van der Waals surface area contributed by atoms with E-state index in [4.69, 9.17) is 11.6 Å². The standard InChI is InChI=1S/C24H26ClF2N9O2S/c1-13(32-22(38)19-14-11-36(7-5-6-35(3)4)34-20(14)31-12-30-19)23-29-10-17(39-23)21(37)33-18-8-15(24(2,26)27)16(25)9-28-18/h8-13H,5-7H2,1-4H3,(H,32,38)(H,28,33,37). The molecule has 15 heteroatoms. The molecule has 1 unspecified atom stereocenters. The molecule has 0 bridgehead atoms. The van der Waals surface area contributed by atoms with Gasteiger partial charge in [-0.05, 0) is 40.1 Å². The van der Waals surface area contributed by atoms with Crippen LogP contribution in [0.4, 0.5) is 14.6 Å². The van der Waals surface area contributed by atoms with E-state index >= 15 is 0 Å². The van der Waals surface area contributed by atoms with Crippen molar-refractivity contribution < 1.29 is 18.4 Å². The van der Waals surface area contributed by atoms with Gasteiger partial charge in [0, 0.05) is 31.4 Å². The van der Waals surface area contributed by atoms with Crippen molar-refractivity contribution in [3.05, 3.63) is 57.1 Å². The van der Waals surface area contributed by atoms with Crippen LogP contribution < -0.4 is 10.6 Å². The number of alkyl halides is 2. The Morgan fingerprint density at radius 3 is 2.67 bits per heavy atom. The van der Waals surface area contributed by atoms with Crippen LogP contribution in [0.1, 0.15) is 57.0 Å². The fraction of sp³-hybridized carbons (Fsp3) is 0.375. The van der Waals surface area contributed by atoms with Crippen LogP contribution >= 0.6 is 22.9 Å². The Hall–Kier alpha value is -3.62. The van der Waals surface area contributed by atoms with Crippen molar-refractivity contribution in [3.63, 3.8) is 0 Å². The number of thiazole rings is 1. The molecule has 1 atom stereocenters. The molecular weight excluding hydrogens is 552 g/mol. The maximum atomic E-state index is 13.8. The van der Waals surface area contributed by atoms with Crippen LogP contribution in [0.25, 0.3) is 11.0 Å². The molecule has 0 radical (unpaired) electrons. The number of carbonyl (C=O) groups is 2. The molecule has 206 valence electrons. The predicted molar refractivity (Wildman–Crippen MR) is 143 cm³/mol. The number of hydrogen-bond donors (Lipinski definition) is 2. The number of pyridine rings is 1. The molecule has 2 N–H and O–H groups in total. The lowest BCUT2D eigenvalue weighted by molar-refractivity contribution is 0.0175. The minimum absolute atomic E-state index is 0.0766. The van der Waals surface area contributed by atoms with Gasteiger partial charge in [-0.25, -0.2) is 28.7 Å². The van der Waals surface area contributed by atoms with Gasteiger partial charge in [-0.15, -0.1) is 11.3 Å². The van der Waals surface area contributed by atoms with Crippen LogP contribution in [0.15, 0.2) is 31.0 Å². The molecule has 0 aliphatic carbocycles. The van der Waals surface area contributed by atoms with Gasteiger partial charge in [0.1, 0.15) is 27.7 Å². The molecular formula is C24H26ClF2N9O2S. The topological polar surface area (TPSA) is 131 Å². The van der Waals surface area contributed by atoms with E-state index in [1.54, 1.807) is 17.8 Å². The highest BCUT2D eigenvalue weighted by molar-refractivity contribution is 7.13. The molecule has 0 fully saturated rings. The summed E-state index contributed by atoms with van der Waals surface area (Å²) in [4.78, 5) is 44.5. The second-order valence-corrected chi connectivity index (χ2v) is 10.6. The first-order chi connectivity index (χ1) is 18.4. The molecule has 0 saturated heterocycles. The lowest BCUT2D eigenvalue weighted by atomic mass is 10.1. The average Bonchev–Trinajstić information content (AvgIpc) is 3.51. The largest absolute Gasteiger partial charge is 0.342 e. The van der Waals surface area contributed by atoms with Gasteiger partial charge in [-0.3, -0.25) is 14.3 Å². The smallest absolute Gasteiger partial charge is 0.272 e. The molecule has 11 nitrogen and oxygen atoms in total. The SMILES string of the molecule is CC(NC(=O)c1ncnc2nn(CCCN(C)C)cc12)c1ncc(C(=O)Nc2cc(C(C)(F)F)c(Cl)cn2)s1. The zero-order chi connectivity index (χ0) is 28.3. The Bertz CT molecular complexity index is 1500. The van der Waals surface area contributed by atoms with Gasteiger partial charge < -0.3 is 15.5 Å². The van der Waals surface area contributed by atoms with Crippen LogP contribution in [0, 0.1) is 0 Å². The summed E-state index contributed by atoms with van der Waals surface area (Å²) < 4.78 is 29.3. The Morgan fingerprint density at radius 2 is 1.95 bits per heavy atom. The van der Waals surface area contributed by atoms with E-state index in [-0.39, 0.29) is 21.4 Å². The lowest BCUT2D eigenvalue weighted by Crippen LogP contribution is -2.27. The molecule has 4 aromatic heterocycles. The zero-order valence-corrected chi connectivity index (χ0v) is 23.1. The molecule has 4 heterocycles. The lowest BCUT2D eigenvalue weighted by Gasteiger charge is -2.13. The van der Waals surface area contributed by atoms with E-state index in [9.17, 15) is 18.4 Å². The highest BCUT2D eigenvalue weighted by Gasteiger charge is 2.28. The van der Waals surface area contributed by atoms with Gasteiger partial charge in [0.25, 0.3) is 17.7 Å². The van der Waals surface area contributed by atoms with Crippen LogP contribution in [-0.4, -0.2) is 67.1 Å².